The van der Waals surface area contributed by atoms with Crippen LogP contribution in [0.15, 0.2) is 71.3 Å². The number of rotatable bonds is 5. The summed E-state index contributed by atoms with van der Waals surface area (Å²) in [6, 6.07) is 19.4. The molecule has 1 amide bonds. The number of aromatic nitrogens is 1. The van der Waals surface area contributed by atoms with Gasteiger partial charge in [0, 0.05) is 22.9 Å². The molecule has 25 heavy (non-hydrogen) atoms. The van der Waals surface area contributed by atoms with Crippen LogP contribution in [0.1, 0.15) is 21.5 Å². The Balaban J connectivity index is 1.59. The van der Waals surface area contributed by atoms with Gasteiger partial charge in [-0.3, -0.25) is 4.79 Å². The quantitative estimate of drug-likeness (QED) is 0.650. The first-order valence-corrected chi connectivity index (χ1v) is 8.72. The van der Waals surface area contributed by atoms with Crippen molar-refractivity contribution in [2.24, 2.45) is 0 Å². The van der Waals surface area contributed by atoms with E-state index < -0.39 is 0 Å². The van der Waals surface area contributed by atoms with Crippen LogP contribution in [-0.4, -0.2) is 10.9 Å². The molecule has 0 atom stereocenters. The third kappa shape index (κ3) is 4.90. The lowest BCUT2D eigenvalue weighted by molar-refractivity contribution is 0.0950. The fourth-order valence-electron chi connectivity index (χ4n) is 2.39. The molecule has 0 radical (unpaired) electrons. The maximum Gasteiger partial charge on any atom is 0.253 e. The monoisotopic (exact) mass is 395 g/mol. The summed E-state index contributed by atoms with van der Waals surface area (Å²) in [5.41, 5.74) is 3.73. The number of nitrogens with one attached hydrogen (secondary N) is 2. The minimum Gasteiger partial charge on any atom is -0.348 e. The molecule has 2 N–H and O–H groups in total. The molecule has 0 aliphatic heterocycles. The van der Waals surface area contributed by atoms with Gasteiger partial charge in [0.05, 0.1) is 5.56 Å². The van der Waals surface area contributed by atoms with Gasteiger partial charge in [-0.1, -0.05) is 45.8 Å². The van der Waals surface area contributed by atoms with Crippen LogP contribution in [0.2, 0.25) is 0 Å². The summed E-state index contributed by atoms with van der Waals surface area (Å²) in [6.07, 6.45) is 1.58. The molecule has 0 saturated carbocycles. The molecular weight excluding hydrogens is 378 g/mol. The number of benzene rings is 2. The summed E-state index contributed by atoms with van der Waals surface area (Å²) in [5, 5.41) is 6.11. The standard InChI is InChI=1S/C20H18BrN3O/c1-14-3-2-4-15(11-14)12-23-20(25)16-5-10-19(22-13-16)24-18-8-6-17(21)7-9-18/h2-11,13H,12H2,1H3,(H,22,24)(H,23,25). The minimum absolute atomic E-state index is 0.135. The summed E-state index contributed by atoms with van der Waals surface area (Å²) < 4.78 is 1.02. The largest absolute Gasteiger partial charge is 0.348 e. The Morgan fingerprint density at radius 3 is 2.56 bits per heavy atom. The van der Waals surface area contributed by atoms with Gasteiger partial charge in [-0.25, -0.2) is 4.98 Å². The Hall–Kier alpha value is -2.66. The van der Waals surface area contributed by atoms with E-state index in [9.17, 15) is 4.79 Å². The van der Waals surface area contributed by atoms with Crippen LogP contribution in [0.4, 0.5) is 11.5 Å². The van der Waals surface area contributed by atoms with E-state index in [2.05, 4.69) is 37.6 Å². The average molecular weight is 396 g/mol. The SMILES string of the molecule is Cc1cccc(CNC(=O)c2ccc(Nc3ccc(Br)cc3)nc2)c1. The molecule has 0 unspecified atom stereocenters. The number of aryl methyl sites for hydroxylation is 1. The van der Waals surface area contributed by atoms with E-state index >= 15 is 0 Å². The van der Waals surface area contributed by atoms with Gasteiger partial charge in [-0.2, -0.15) is 0 Å². The zero-order chi connectivity index (χ0) is 17.6. The summed E-state index contributed by atoms with van der Waals surface area (Å²) >= 11 is 3.40. The van der Waals surface area contributed by atoms with Crippen molar-refractivity contribution in [2.75, 3.05) is 5.32 Å². The number of hydrogen-bond donors (Lipinski definition) is 2. The molecule has 126 valence electrons. The number of halogens is 1. The second kappa shape index (κ2) is 7.94. The van der Waals surface area contributed by atoms with Gasteiger partial charge in [-0.15, -0.1) is 0 Å². The fourth-order valence-corrected chi connectivity index (χ4v) is 2.65. The molecule has 0 saturated heterocycles. The molecule has 3 rings (SSSR count). The molecule has 2 aromatic carbocycles. The third-order valence-corrected chi connectivity index (χ3v) is 4.21. The first-order valence-electron chi connectivity index (χ1n) is 7.92. The number of anilines is 2. The molecule has 5 heteroatoms. The molecular formula is C20H18BrN3O. The average Bonchev–Trinajstić information content (AvgIpc) is 2.62. The van der Waals surface area contributed by atoms with Crippen LogP contribution < -0.4 is 10.6 Å². The topological polar surface area (TPSA) is 54.0 Å². The van der Waals surface area contributed by atoms with Gasteiger partial charge < -0.3 is 10.6 Å². The molecule has 4 nitrogen and oxygen atoms in total. The van der Waals surface area contributed by atoms with E-state index in [1.807, 2.05) is 49.4 Å². The second-order valence-corrected chi connectivity index (χ2v) is 6.65. The number of pyridine rings is 1. The van der Waals surface area contributed by atoms with E-state index in [4.69, 9.17) is 0 Å². The Labute approximate surface area is 155 Å². The van der Waals surface area contributed by atoms with Crippen molar-refractivity contribution in [1.82, 2.24) is 10.3 Å². The zero-order valence-corrected chi connectivity index (χ0v) is 15.4. The lowest BCUT2D eigenvalue weighted by Crippen LogP contribution is -2.22. The number of hydrogen-bond acceptors (Lipinski definition) is 3. The van der Waals surface area contributed by atoms with Crippen LogP contribution >= 0.6 is 15.9 Å². The summed E-state index contributed by atoms with van der Waals surface area (Å²) in [7, 11) is 0. The Morgan fingerprint density at radius 1 is 1.08 bits per heavy atom. The molecule has 0 spiro atoms. The maximum absolute atomic E-state index is 12.2. The van der Waals surface area contributed by atoms with E-state index in [0.29, 0.717) is 17.9 Å². The first kappa shape index (κ1) is 17.2. The van der Waals surface area contributed by atoms with Crippen molar-refractivity contribution < 1.29 is 4.79 Å². The fraction of sp³-hybridized carbons (Fsp3) is 0.100. The smallest absolute Gasteiger partial charge is 0.253 e. The van der Waals surface area contributed by atoms with E-state index in [1.165, 1.54) is 5.56 Å². The molecule has 0 aliphatic rings. The van der Waals surface area contributed by atoms with Crippen LogP contribution in [-0.2, 0) is 6.54 Å². The van der Waals surface area contributed by atoms with Crippen molar-refractivity contribution in [2.45, 2.75) is 13.5 Å². The predicted octanol–water partition coefficient (Wildman–Crippen LogP) is 4.83. The highest BCUT2D eigenvalue weighted by Gasteiger charge is 2.06. The molecule has 1 heterocycles. The lowest BCUT2D eigenvalue weighted by atomic mass is 10.1. The summed E-state index contributed by atoms with van der Waals surface area (Å²) in [6.45, 7) is 2.53. The van der Waals surface area contributed by atoms with E-state index in [1.54, 1.807) is 18.3 Å². The van der Waals surface area contributed by atoms with Gasteiger partial charge in [0.2, 0.25) is 0 Å². The summed E-state index contributed by atoms with van der Waals surface area (Å²) in [5.74, 6) is 0.557. The number of carbonyl (C=O) groups excluding carboxylic acids is 1. The predicted molar refractivity (Wildman–Crippen MR) is 104 cm³/mol. The van der Waals surface area contributed by atoms with Gasteiger partial charge in [0.25, 0.3) is 5.91 Å². The highest BCUT2D eigenvalue weighted by Crippen LogP contribution is 2.18. The molecule has 1 aromatic heterocycles. The van der Waals surface area contributed by atoms with Gasteiger partial charge in [0.15, 0.2) is 0 Å². The first-order chi connectivity index (χ1) is 12.1. The minimum atomic E-state index is -0.135. The van der Waals surface area contributed by atoms with Gasteiger partial charge in [0.1, 0.15) is 5.82 Å². The molecule has 0 fully saturated rings. The van der Waals surface area contributed by atoms with Crippen molar-refractivity contribution in [3.8, 4) is 0 Å². The van der Waals surface area contributed by atoms with E-state index in [0.717, 1.165) is 15.7 Å². The lowest BCUT2D eigenvalue weighted by Gasteiger charge is -2.08. The van der Waals surface area contributed by atoms with Crippen molar-refractivity contribution >= 4 is 33.3 Å². The highest BCUT2D eigenvalue weighted by atomic mass is 79.9. The normalized spacial score (nSPS) is 10.3. The Morgan fingerprint density at radius 2 is 1.88 bits per heavy atom. The van der Waals surface area contributed by atoms with E-state index in [-0.39, 0.29) is 5.91 Å². The van der Waals surface area contributed by atoms with Crippen LogP contribution in [0, 0.1) is 6.92 Å². The second-order valence-electron chi connectivity index (χ2n) is 5.74. The zero-order valence-electron chi connectivity index (χ0n) is 13.8. The Kier molecular flexibility index (Phi) is 5.46. The summed E-state index contributed by atoms with van der Waals surface area (Å²) in [4.78, 5) is 16.5. The number of amides is 1. The maximum atomic E-state index is 12.2. The van der Waals surface area contributed by atoms with Crippen LogP contribution in [0.25, 0.3) is 0 Å². The van der Waals surface area contributed by atoms with Crippen molar-refractivity contribution in [1.29, 1.82) is 0 Å². The highest BCUT2D eigenvalue weighted by molar-refractivity contribution is 9.10. The van der Waals surface area contributed by atoms with Gasteiger partial charge in [-0.05, 0) is 48.9 Å². The van der Waals surface area contributed by atoms with Gasteiger partial charge >= 0.3 is 0 Å². The molecule has 0 bridgehead atoms. The van der Waals surface area contributed by atoms with Crippen molar-refractivity contribution in [3.63, 3.8) is 0 Å². The number of carbonyl (C=O) groups is 1. The third-order valence-electron chi connectivity index (χ3n) is 3.68. The van der Waals surface area contributed by atoms with Crippen molar-refractivity contribution in [3.05, 3.63) is 88.0 Å². The molecule has 3 aromatic rings. The number of nitrogens with zero attached hydrogens (tertiary/aromatic N) is 1. The van der Waals surface area contributed by atoms with Crippen LogP contribution in [0.5, 0.6) is 0 Å². The van der Waals surface area contributed by atoms with Crippen LogP contribution in [0.3, 0.4) is 0 Å². The Bertz CT molecular complexity index is 861. The molecule has 0 aliphatic carbocycles.